The fourth-order valence-corrected chi connectivity index (χ4v) is 1.17. The van der Waals surface area contributed by atoms with Gasteiger partial charge in [0.25, 0.3) is 0 Å². The largest absolute Gasteiger partial charge is 0.357 e. The van der Waals surface area contributed by atoms with Gasteiger partial charge in [-0.1, -0.05) is 30.2 Å². The first kappa shape index (κ1) is 9.41. The third kappa shape index (κ3) is 2.68. The van der Waals surface area contributed by atoms with E-state index in [2.05, 4.69) is 17.4 Å². The summed E-state index contributed by atoms with van der Waals surface area (Å²) in [6.07, 6.45) is 7.12. The van der Waals surface area contributed by atoms with E-state index in [4.69, 9.17) is 6.42 Å². The highest BCUT2D eigenvalue weighted by Gasteiger charge is 2.00. The lowest BCUT2D eigenvalue weighted by Gasteiger charge is -2.20. The standard InChI is InChI=1S/C12H13N/c1-3-10-13(11-4-2)12-8-6-5-7-9-12/h1,4-9H,2,10-11H2. The maximum Gasteiger partial charge on any atom is 0.0795 e. The molecule has 13 heavy (non-hydrogen) atoms. The van der Waals surface area contributed by atoms with Gasteiger partial charge < -0.3 is 4.90 Å². The Labute approximate surface area is 79.7 Å². The van der Waals surface area contributed by atoms with Gasteiger partial charge in [-0.05, 0) is 12.1 Å². The van der Waals surface area contributed by atoms with E-state index in [9.17, 15) is 0 Å². The van der Waals surface area contributed by atoms with E-state index in [1.165, 1.54) is 0 Å². The number of rotatable bonds is 4. The van der Waals surface area contributed by atoms with Gasteiger partial charge in [0.15, 0.2) is 0 Å². The Morgan fingerprint density at radius 3 is 2.62 bits per heavy atom. The molecule has 0 saturated carbocycles. The molecule has 1 aromatic carbocycles. The summed E-state index contributed by atoms with van der Waals surface area (Å²) < 4.78 is 0. The second-order valence-corrected chi connectivity index (χ2v) is 2.71. The summed E-state index contributed by atoms with van der Waals surface area (Å²) in [6, 6.07) is 10.1. The van der Waals surface area contributed by atoms with Crippen LogP contribution in [0.4, 0.5) is 5.69 Å². The van der Waals surface area contributed by atoms with Gasteiger partial charge in [0.1, 0.15) is 0 Å². The molecule has 0 aliphatic heterocycles. The average Bonchev–Trinajstić information content (AvgIpc) is 2.19. The van der Waals surface area contributed by atoms with Crippen molar-refractivity contribution in [1.29, 1.82) is 0 Å². The minimum atomic E-state index is 0.621. The molecule has 0 radical (unpaired) electrons. The first-order valence-corrected chi connectivity index (χ1v) is 4.23. The summed E-state index contributed by atoms with van der Waals surface area (Å²) in [4.78, 5) is 2.09. The van der Waals surface area contributed by atoms with Crippen LogP contribution in [-0.2, 0) is 0 Å². The summed E-state index contributed by atoms with van der Waals surface area (Å²) in [6.45, 7) is 5.10. The Morgan fingerprint density at radius 2 is 2.08 bits per heavy atom. The summed E-state index contributed by atoms with van der Waals surface area (Å²) in [5, 5.41) is 0. The van der Waals surface area contributed by atoms with Crippen LogP contribution >= 0.6 is 0 Å². The van der Waals surface area contributed by atoms with E-state index in [-0.39, 0.29) is 0 Å². The number of terminal acetylenes is 1. The van der Waals surface area contributed by atoms with Crippen LogP contribution in [0.3, 0.4) is 0 Å². The van der Waals surface area contributed by atoms with E-state index in [0.717, 1.165) is 12.2 Å². The highest BCUT2D eigenvalue weighted by Crippen LogP contribution is 2.11. The maximum absolute atomic E-state index is 5.27. The Hall–Kier alpha value is -1.68. The van der Waals surface area contributed by atoms with Gasteiger partial charge in [-0.15, -0.1) is 13.0 Å². The second kappa shape index (κ2) is 5.05. The number of anilines is 1. The number of nitrogens with zero attached hydrogens (tertiary/aromatic N) is 1. The van der Waals surface area contributed by atoms with Crippen molar-refractivity contribution >= 4 is 5.69 Å². The zero-order chi connectivity index (χ0) is 9.52. The van der Waals surface area contributed by atoms with E-state index in [0.29, 0.717) is 6.54 Å². The molecule has 1 aromatic rings. The quantitative estimate of drug-likeness (QED) is 0.496. The first-order chi connectivity index (χ1) is 6.38. The lowest BCUT2D eigenvalue weighted by molar-refractivity contribution is 0.971. The third-order valence-corrected chi connectivity index (χ3v) is 1.75. The fraction of sp³-hybridized carbons (Fsp3) is 0.167. The molecule has 0 saturated heterocycles. The maximum atomic E-state index is 5.27. The van der Waals surface area contributed by atoms with Crippen LogP contribution in [0.5, 0.6) is 0 Å². The molecule has 0 bridgehead atoms. The summed E-state index contributed by atoms with van der Waals surface area (Å²) in [5.41, 5.74) is 1.14. The number of benzene rings is 1. The molecule has 0 N–H and O–H groups in total. The van der Waals surface area contributed by atoms with E-state index in [1.807, 2.05) is 36.4 Å². The molecular formula is C12H13N. The zero-order valence-corrected chi connectivity index (χ0v) is 7.61. The van der Waals surface area contributed by atoms with Gasteiger partial charge in [-0.25, -0.2) is 0 Å². The number of hydrogen-bond acceptors (Lipinski definition) is 1. The second-order valence-electron chi connectivity index (χ2n) is 2.71. The van der Waals surface area contributed by atoms with Crippen LogP contribution in [0.1, 0.15) is 0 Å². The van der Waals surface area contributed by atoms with Crippen molar-refractivity contribution in [3.63, 3.8) is 0 Å². The van der Waals surface area contributed by atoms with Crippen LogP contribution < -0.4 is 4.90 Å². The average molecular weight is 171 g/mol. The lowest BCUT2D eigenvalue weighted by Crippen LogP contribution is -2.23. The van der Waals surface area contributed by atoms with E-state index < -0.39 is 0 Å². The van der Waals surface area contributed by atoms with Gasteiger partial charge in [-0.2, -0.15) is 0 Å². The molecule has 1 heteroatoms. The van der Waals surface area contributed by atoms with Crippen LogP contribution in [0.2, 0.25) is 0 Å². The van der Waals surface area contributed by atoms with Crippen molar-refractivity contribution in [2.24, 2.45) is 0 Å². The molecule has 0 atom stereocenters. The molecule has 0 aromatic heterocycles. The number of hydrogen-bond donors (Lipinski definition) is 0. The molecule has 0 aliphatic rings. The molecule has 0 unspecified atom stereocenters. The zero-order valence-electron chi connectivity index (χ0n) is 7.61. The topological polar surface area (TPSA) is 3.24 Å². The van der Waals surface area contributed by atoms with Crippen LogP contribution in [-0.4, -0.2) is 13.1 Å². The van der Waals surface area contributed by atoms with Crippen molar-refractivity contribution in [1.82, 2.24) is 0 Å². The molecule has 0 aliphatic carbocycles. The van der Waals surface area contributed by atoms with Gasteiger partial charge in [-0.3, -0.25) is 0 Å². The Bertz CT molecular complexity index is 295. The molecule has 0 fully saturated rings. The lowest BCUT2D eigenvalue weighted by atomic mass is 10.3. The number of para-hydroxylation sites is 1. The normalized spacial score (nSPS) is 8.85. The smallest absolute Gasteiger partial charge is 0.0795 e. The van der Waals surface area contributed by atoms with Gasteiger partial charge in [0, 0.05) is 12.2 Å². The van der Waals surface area contributed by atoms with Crippen LogP contribution in [0.15, 0.2) is 43.0 Å². The predicted molar refractivity (Wildman–Crippen MR) is 57.7 cm³/mol. The Morgan fingerprint density at radius 1 is 1.38 bits per heavy atom. The van der Waals surface area contributed by atoms with Crippen molar-refractivity contribution in [3.05, 3.63) is 43.0 Å². The highest BCUT2D eigenvalue weighted by atomic mass is 15.1. The summed E-state index contributed by atoms with van der Waals surface area (Å²) in [5.74, 6) is 2.63. The molecule has 0 amide bonds. The SMILES string of the molecule is C#CCN(CC=C)c1ccccc1. The summed E-state index contributed by atoms with van der Waals surface area (Å²) in [7, 11) is 0. The molecule has 0 heterocycles. The van der Waals surface area contributed by atoms with E-state index >= 15 is 0 Å². The molecule has 1 rings (SSSR count). The third-order valence-electron chi connectivity index (χ3n) is 1.75. The van der Waals surface area contributed by atoms with Crippen molar-refractivity contribution in [2.75, 3.05) is 18.0 Å². The van der Waals surface area contributed by atoms with Gasteiger partial charge in [0.05, 0.1) is 6.54 Å². The van der Waals surface area contributed by atoms with Crippen molar-refractivity contribution in [2.45, 2.75) is 0 Å². The first-order valence-electron chi connectivity index (χ1n) is 4.23. The Balaban J connectivity index is 2.76. The van der Waals surface area contributed by atoms with Crippen molar-refractivity contribution in [3.8, 4) is 12.3 Å². The fourth-order valence-electron chi connectivity index (χ4n) is 1.17. The monoisotopic (exact) mass is 171 g/mol. The molecule has 1 nitrogen and oxygen atoms in total. The summed E-state index contributed by atoms with van der Waals surface area (Å²) >= 11 is 0. The van der Waals surface area contributed by atoms with Crippen molar-refractivity contribution < 1.29 is 0 Å². The minimum absolute atomic E-state index is 0.621. The van der Waals surface area contributed by atoms with Gasteiger partial charge >= 0.3 is 0 Å². The predicted octanol–water partition coefficient (Wildman–Crippen LogP) is 2.31. The van der Waals surface area contributed by atoms with Crippen LogP contribution in [0, 0.1) is 12.3 Å². The van der Waals surface area contributed by atoms with Gasteiger partial charge in [0.2, 0.25) is 0 Å². The van der Waals surface area contributed by atoms with E-state index in [1.54, 1.807) is 0 Å². The molecule has 0 spiro atoms. The highest BCUT2D eigenvalue weighted by molar-refractivity contribution is 5.47. The van der Waals surface area contributed by atoms with Crippen LogP contribution in [0.25, 0.3) is 0 Å². The molecular weight excluding hydrogens is 158 g/mol. The molecule has 66 valence electrons. The Kier molecular flexibility index (Phi) is 3.66. The minimum Gasteiger partial charge on any atom is -0.357 e.